The highest BCUT2D eigenvalue weighted by Gasteiger charge is 2.17. The Bertz CT molecular complexity index is 1130. The van der Waals surface area contributed by atoms with Crippen molar-refractivity contribution in [3.63, 3.8) is 0 Å². The summed E-state index contributed by atoms with van der Waals surface area (Å²) in [6.45, 7) is 1.98. The van der Waals surface area contributed by atoms with E-state index in [1.54, 1.807) is 12.1 Å². The molecule has 0 radical (unpaired) electrons. The zero-order valence-corrected chi connectivity index (χ0v) is 17.8. The number of carbonyl (C=O) groups is 1. The van der Waals surface area contributed by atoms with Gasteiger partial charge < -0.3 is 5.32 Å². The molecule has 8 heteroatoms. The molecule has 3 aromatic rings. The van der Waals surface area contributed by atoms with E-state index in [1.165, 1.54) is 30.3 Å². The number of hydrogen-bond donors (Lipinski definition) is 2. The fourth-order valence-electron chi connectivity index (χ4n) is 2.60. The number of anilines is 2. The highest BCUT2D eigenvalue weighted by Crippen LogP contribution is 2.31. The Morgan fingerprint density at radius 3 is 2.24 bits per heavy atom. The summed E-state index contributed by atoms with van der Waals surface area (Å²) < 4.78 is 27.5. The molecule has 0 atom stereocenters. The lowest BCUT2D eigenvalue weighted by atomic mass is 10.1. The van der Waals surface area contributed by atoms with Gasteiger partial charge in [-0.1, -0.05) is 59.1 Å². The van der Waals surface area contributed by atoms with Crippen molar-refractivity contribution >= 4 is 50.5 Å². The molecular weight excluding hydrogens is 431 g/mol. The molecule has 3 rings (SSSR count). The van der Waals surface area contributed by atoms with E-state index < -0.39 is 10.0 Å². The number of carbonyl (C=O) groups excluding carboxylic acids is 1. The standard InChI is InChI=1S/C21H18Cl2N2O3S/c1-14-5-7-15(8-6-14)13-20(26)24-16-9-11-17(12-10-16)29(27,28)25-19-4-2-3-18(22)21(19)23/h2-12,25H,13H2,1H3,(H,24,26). The van der Waals surface area contributed by atoms with Crippen LogP contribution < -0.4 is 10.0 Å². The number of hydrogen-bond acceptors (Lipinski definition) is 3. The van der Waals surface area contributed by atoms with Gasteiger partial charge in [0.15, 0.2) is 0 Å². The number of halogens is 2. The Labute approximate surface area is 179 Å². The zero-order valence-electron chi connectivity index (χ0n) is 15.4. The van der Waals surface area contributed by atoms with Crippen molar-refractivity contribution < 1.29 is 13.2 Å². The molecule has 29 heavy (non-hydrogen) atoms. The molecule has 0 aromatic heterocycles. The van der Waals surface area contributed by atoms with E-state index in [2.05, 4.69) is 10.0 Å². The predicted octanol–water partition coefficient (Wildman–Crippen LogP) is 5.28. The van der Waals surface area contributed by atoms with Crippen LogP contribution in [0.4, 0.5) is 11.4 Å². The van der Waals surface area contributed by atoms with Crippen molar-refractivity contribution in [3.05, 3.63) is 87.9 Å². The van der Waals surface area contributed by atoms with Crippen molar-refractivity contribution in [2.75, 3.05) is 10.0 Å². The molecule has 0 aliphatic rings. The molecule has 5 nitrogen and oxygen atoms in total. The molecule has 0 saturated carbocycles. The lowest BCUT2D eigenvalue weighted by Crippen LogP contribution is -2.15. The Morgan fingerprint density at radius 1 is 0.931 bits per heavy atom. The van der Waals surface area contributed by atoms with Crippen molar-refractivity contribution in [1.29, 1.82) is 0 Å². The number of benzene rings is 3. The maximum atomic E-state index is 12.6. The van der Waals surface area contributed by atoms with Gasteiger partial charge in [0.05, 0.1) is 27.0 Å². The van der Waals surface area contributed by atoms with Crippen LogP contribution in [0.15, 0.2) is 71.6 Å². The number of amides is 1. The van der Waals surface area contributed by atoms with Gasteiger partial charge in [-0.2, -0.15) is 0 Å². The minimum Gasteiger partial charge on any atom is -0.326 e. The van der Waals surface area contributed by atoms with E-state index in [9.17, 15) is 13.2 Å². The third-order valence-corrected chi connectivity index (χ3v) is 6.33. The normalized spacial score (nSPS) is 11.1. The van der Waals surface area contributed by atoms with E-state index in [0.717, 1.165) is 11.1 Å². The van der Waals surface area contributed by atoms with Gasteiger partial charge in [0.1, 0.15) is 0 Å². The summed E-state index contributed by atoms with van der Waals surface area (Å²) >= 11 is 12.0. The Balaban J connectivity index is 1.68. The first-order valence-corrected chi connectivity index (χ1v) is 10.9. The summed E-state index contributed by atoms with van der Waals surface area (Å²) in [5, 5.41) is 3.13. The molecule has 1 amide bonds. The Hall–Kier alpha value is -2.54. The summed E-state index contributed by atoms with van der Waals surface area (Å²) in [6, 6.07) is 18.2. The van der Waals surface area contributed by atoms with Crippen LogP contribution in [-0.4, -0.2) is 14.3 Å². The van der Waals surface area contributed by atoms with Crippen molar-refractivity contribution in [3.8, 4) is 0 Å². The third-order valence-electron chi connectivity index (χ3n) is 4.13. The van der Waals surface area contributed by atoms with Gasteiger partial charge in [0, 0.05) is 5.69 Å². The smallest absolute Gasteiger partial charge is 0.261 e. The van der Waals surface area contributed by atoms with E-state index >= 15 is 0 Å². The van der Waals surface area contributed by atoms with Crippen LogP contribution in [0.5, 0.6) is 0 Å². The van der Waals surface area contributed by atoms with Crippen molar-refractivity contribution in [1.82, 2.24) is 0 Å². The molecular formula is C21H18Cl2N2O3S. The highest BCUT2D eigenvalue weighted by molar-refractivity contribution is 7.92. The van der Waals surface area contributed by atoms with Crippen LogP contribution >= 0.6 is 23.2 Å². The van der Waals surface area contributed by atoms with Gasteiger partial charge in [-0.15, -0.1) is 0 Å². The van der Waals surface area contributed by atoms with Gasteiger partial charge in [-0.25, -0.2) is 8.42 Å². The maximum absolute atomic E-state index is 12.6. The number of rotatable bonds is 6. The second kappa shape index (κ2) is 8.86. The number of nitrogens with one attached hydrogen (secondary N) is 2. The fourth-order valence-corrected chi connectivity index (χ4v) is 4.08. The average molecular weight is 449 g/mol. The SMILES string of the molecule is Cc1ccc(CC(=O)Nc2ccc(S(=O)(=O)Nc3cccc(Cl)c3Cl)cc2)cc1. The minimum atomic E-state index is -3.86. The van der Waals surface area contributed by atoms with Gasteiger partial charge in [-0.05, 0) is 48.9 Å². The van der Waals surface area contributed by atoms with E-state index in [-0.39, 0.29) is 33.0 Å². The molecule has 3 aromatic carbocycles. The van der Waals surface area contributed by atoms with E-state index in [4.69, 9.17) is 23.2 Å². The molecule has 2 N–H and O–H groups in total. The van der Waals surface area contributed by atoms with Crippen molar-refractivity contribution in [2.45, 2.75) is 18.2 Å². The van der Waals surface area contributed by atoms with E-state index in [1.807, 2.05) is 31.2 Å². The average Bonchev–Trinajstić information content (AvgIpc) is 2.67. The minimum absolute atomic E-state index is 0.0325. The summed E-state index contributed by atoms with van der Waals surface area (Å²) in [7, 11) is -3.86. The largest absolute Gasteiger partial charge is 0.326 e. The van der Waals surface area contributed by atoms with Crippen LogP contribution in [0.1, 0.15) is 11.1 Å². The molecule has 0 aliphatic carbocycles. The molecule has 0 unspecified atom stereocenters. The van der Waals surface area contributed by atoms with Crippen LogP contribution in [0.25, 0.3) is 0 Å². The fraction of sp³-hybridized carbons (Fsp3) is 0.0952. The first-order valence-electron chi connectivity index (χ1n) is 8.67. The molecule has 0 spiro atoms. The quantitative estimate of drug-likeness (QED) is 0.538. The third kappa shape index (κ3) is 5.50. The zero-order chi connectivity index (χ0) is 21.0. The summed E-state index contributed by atoms with van der Waals surface area (Å²) in [6.07, 6.45) is 0.231. The molecule has 0 aliphatic heterocycles. The molecule has 0 bridgehead atoms. The second-order valence-electron chi connectivity index (χ2n) is 6.44. The Morgan fingerprint density at radius 2 is 1.59 bits per heavy atom. The van der Waals surface area contributed by atoms with E-state index in [0.29, 0.717) is 5.69 Å². The van der Waals surface area contributed by atoms with Gasteiger partial charge in [-0.3, -0.25) is 9.52 Å². The molecule has 0 heterocycles. The Kier molecular flexibility index (Phi) is 6.47. The van der Waals surface area contributed by atoms with Gasteiger partial charge >= 0.3 is 0 Å². The van der Waals surface area contributed by atoms with Crippen molar-refractivity contribution in [2.24, 2.45) is 0 Å². The molecule has 150 valence electrons. The van der Waals surface area contributed by atoms with Crippen LogP contribution in [0.3, 0.4) is 0 Å². The monoisotopic (exact) mass is 448 g/mol. The van der Waals surface area contributed by atoms with Gasteiger partial charge in [0.2, 0.25) is 5.91 Å². The number of sulfonamides is 1. The summed E-state index contributed by atoms with van der Waals surface area (Å²) in [5.74, 6) is -0.187. The predicted molar refractivity (Wildman–Crippen MR) is 117 cm³/mol. The van der Waals surface area contributed by atoms with Crippen LogP contribution in [0, 0.1) is 6.92 Å². The molecule has 0 saturated heterocycles. The lowest BCUT2D eigenvalue weighted by Gasteiger charge is -2.11. The maximum Gasteiger partial charge on any atom is 0.261 e. The van der Waals surface area contributed by atoms with Crippen LogP contribution in [0.2, 0.25) is 10.0 Å². The summed E-state index contributed by atoms with van der Waals surface area (Å²) in [4.78, 5) is 12.2. The summed E-state index contributed by atoms with van der Waals surface area (Å²) in [5.41, 5.74) is 2.71. The van der Waals surface area contributed by atoms with Gasteiger partial charge in [0.25, 0.3) is 10.0 Å². The lowest BCUT2D eigenvalue weighted by molar-refractivity contribution is -0.115. The number of aryl methyl sites for hydroxylation is 1. The first kappa shape index (κ1) is 21.2. The molecule has 0 fully saturated rings. The van der Waals surface area contributed by atoms with Crippen LogP contribution in [-0.2, 0) is 21.2 Å². The topological polar surface area (TPSA) is 75.3 Å². The highest BCUT2D eigenvalue weighted by atomic mass is 35.5. The second-order valence-corrected chi connectivity index (χ2v) is 8.91. The first-order chi connectivity index (χ1) is 13.7.